The number of para-hydroxylation sites is 1. The monoisotopic (exact) mass is 247 g/mol. The zero-order chi connectivity index (χ0) is 13.0. The zero-order valence-corrected chi connectivity index (χ0v) is 10.5. The second kappa shape index (κ2) is 5.67. The van der Waals surface area contributed by atoms with Crippen molar-refractivity contribution in [2.24, 2.45) is 0 Å². The molecule has 2 rings (SSSR count). The molecule has 4 nitrogen and oxygen atoms in total. The lowest BCUT2D eigenvalue weighted by molar-refractivity contribution is -0.136. The first-order chi connectivity index (χ1) is 8.70. The Morgan fingerprint density at radius 1 is 1.39 bits per heavy atom. The molecule has 4 heteroatoms. The van der Waals surface area contributed by atoms with Gasteiger partial charge in [-0.25, -0.2) is 4.98 Å². The molecule has 1 aromatic carbocycles. The Morgan fingerprint density at radius 3 is 2.94 bits per heavy atom. The maximum atomic E-state index is 10.6. The number of aryl methyl sites for hydroxylation is 1. The van der Waals surface area contributed by atoms with Gasteiger partial charge in [-0.15, -0.1) is 0 Å². The highest BCUT2D eigenvalue weighted by atomic mass is 16.4. The second-order valence-electron chi connectivity index (χ2n) is 4.40. The molecule has 0 unspecified atom stereocenters. The van der Waals surface area contributed by atoms with E-state index in [4.69, 9.17) is 9.52 Å². The lowest BCUT2D eigenvalue weighted by Crippen LogP contribution is -1.99. The van der Waals surface area contributed by atoms with Crippen molar-refractivity contribution in [3.8, 4) is 0 Å². The maximum Gasteiger partial charge on any atom is 0.312 e. The second-order valence-corrected chi connectivity index (χ2v) is 4.40. The van der Waals surface area contributed by atoms with E-state index >= 15 is 0 Å². The van der Waals surface area contributed by atoms with Gasteiger partial charge in [0.15, 0.2) is 5.58 Å². The summed E-state index contributed by atoms with van der Waals surface area (Å²) in [7, 11) is 0. The van der Waals surface area contributed by atoms with Crippen LogP contribution in [0, 0.1) is 0 Å². The summed E-state index contributed by atoms with van der Waals surface area (Å²) in [4.78, 5) is 14.9. The van der Waals surface area contributed by atoms with Crippen LogP contribution in [0.5, 0.6) is 0 Å². The molecule has 1 aromatic heterocycles. The fourth-order valence-electron chi connectivity index (χ4n) is 2.02. The Labute approximate surface area is 106 Å². The molecule has 0 saturated carbocycles. The third kappa shape index (κ3) is 2.88. The number of carboxylic acid groups (broad SMARTS) is 1. The van der Waals surface area contributed by atoms with Gasteiger partial charge in [-0.2, -0.15) is 0 Å². The van der Waals surface area contributed by atoms with E-state index < -0.39 is 5.97 Å². The van der Waals surface area contributed by atoms with E-state index in [1.165, 1.54) is 12.8 Å². The molecular formula is C14H17NO3. The van der Waals surface area contributed by atoms with Crippen molar-refractivity contribution in [2.45, 2.75) is 39.0 Å². The Bertz CT molecular complexity index is 545. The number of carboxylic acids is 1. The van der Waals surface area contributed by atoms with Crippen LogP contribution in [0.4, 0.5) is 0 Å². The fraction of sp³-hybridized carbons (Fsp3) is 0.429. The number of unbranched alkanes of at least 4 members (excludes halogenated alkanes) is 2. The lowest BCUT2D eigenvalue weighted by Gasteiger charge is -2.00. The van der Waals surface area contributed by atoms with Gasteiger partial charge in [-0.1, -0.05) is 31.9 Å². The standard InChI is InChI=1S/C14H17NO3/c1-2-3-4-6-10-7-5-8-11-14(10)15-12(18-11)9-13(16)17/h5,7-8H,2-4,6,9H2,1H3,(H,16,17). The third-order valence-corrected chi connectivity index (χ3v) is 2.90. The molecule has 96 valence electrons. The number of fused-ring (bicyclic) bond motifs is 1. The highest BCUT2D eigenvalue weighted by Crippen LogP contribution is 2.21. The molecule has 1 heterocycles. The number of aliphatic carboxylic acids is 1. The Kier molecular flexibility index (Phi) is 3.97. The molecule has 0 aliphatic rings. The van der Waals surface area contributed by atoms with Crippen molar-refractivity contribution in [1.82, 2.24) is 4.98 Å². The Balaban J connectivity index is 2.24. The van der Waals surface area contributed by atoms with E-state index in [0.717, 1.165) is 23.9 Å². The van der Waals surface area contributed by atoms with Gasteiger partial charge < -0.3 is 9.52 Å². The summed E-state index contributed by atoms with van der Waals surface area (Å²) < 4.78 is 5.43. The first kappa shape index (κ1) is 12.6. The number of rotatable bonds is 6. The topological polar surface area (TPSA) is 63.3 Å². The summed E-state index contributed by atoms with van der Waals surface area (Å²) in [5.74, 6) is -0.644. The zero-order valence-electron chi connectivity index (χ0n) is 10.5. The molecule has 18 heavy (non-hydrogen) atoms. The van der Waals surface area contributed by atoms with Gasteiger partial charge in [0.1, 0.15) is 11.9 Å². The molecule has 0 atom stereocenters. The average molecular weight is 247 g/mol. The van der Waals surface area contributed by atoms with Gasteiger partial charge in [0.2, 0.25) is 5.89 Å². The summed E-state index contributed by atoms with van der Waals surface area (Å²) >= 11 is 0. The quantitative estimate of drug-likeness (QED) is 0.796. The number of carbonyl (C=O) groups is 1. The molecule has 0 spiro atoms. The van der Waals surface area contributed by atoms with Crippen LogP contribution in [0.2, 0.25) is 0 Å². The molecule has 1 N–H and O–H groups in total. The van der Waals surface area contributed by atoms with Crippen molar-refractivity contribution >= 4 is 17.1 Å². The Morgan fingerprint density at radius 2 is 2.22 bits per heavy atom. The van der Waals surface area contributed by atoms with Gasteiger partial charge >= 0.3 is 5.97 Å². The molecule has 0 amide bonds. The smallest absolute Gasteiger partial charge is 0.312 e. The van der Waals surface area contributed by atoms with Crippen LogP contribution in [-0.4, -0.2) is 16.1 Å². The van der Waals surface area contributed by atoms with E-state index in [-0.39, 0.29) is 12.3 Å². The van der Waals surface area contributed by atoms with Gasteiger partial charge in [0.25, 0.3) is 0 Å². The summed E-state index contributed by atoms with van der Waals surface area (Å²) in [5.41, 5.74) is 2.63. The molecule has 0 saturated heterocycles. The predicted octanol–water partition coefficient (Wildman–Crippen LogP) is 3.19. The Hall–Kier alpha value is -1.84. The van der Waals surface area contributed by atoms with Crippen molar-refractivity contribution in [3.05, 3.63) is 29.7 Å². The van der Waals surface area contributed by atoms with Gasteiger partial charge in [-0.3, -0.25) is 4.79 Å². The van der Waals surface area contributed by atoms with Crippen molar-refractivity contribution in [3.63, 3.8) is 0 Å². The number of hydrogen-bond acceptors (Lipinski definition) is 3. The summed E-state index contributed by atoms with van der Waals surface area (Å²) in [5, 5.41) is 8.73. The first-order valence-corrected chi connectivity index (χ1v) is 6.29. The predicted molar refractivity (Wildman–Crippen MR) is 68.6 cm³/mol. The molecule has 2 aromatic rings. The molecule has 0 bridgehead atoms. The van der Waals surface area contributed by atoms with Crippen LogP contribution < -0.4 is 0 Å². The van der Waals surface area contributed by atoms with Crippen LogP contribution in [0.25, 0.3) is 11.1 Å². The van der Waals surface area contributed by atoms with Gasteiger partial charge in [0.05, 0.1) is 0 Å². The van der Waals surface area contributed by atoms with Crippen LogP contribution in [0.15, 0.2) is 22.6 Å². The minimum absolute atomic E-state index is 0.164. The minimum atomic E-state index is -0.922. The summed E-state index contributed by atoms with van der Waals surface area (Å²) in [6.45, 7) is 2.17. The van der Waals surface area contributed by atoms with Crippen molar-refractivity contribution in [1.29, 1.82) is 0 Å². The summed E-state index contributed by atoms with van der Waals surface area (Å²) in [6, 6.07) is 5.79. The van der Waals surface area contributed by atoms with E-state index in [0.29, 0.717) is 5.58 Å². The maximum absolute atomic E-state index is 10.6. The van der Waals surface area contributed by atoms with Crippen molar-refractivity contribution in [2.75, 3.05) is 0 Å². The van der Waals surface area contributed by atoms with E-state index in [2.05, 4.69) is 11.9 Å². The first-order valence-electron chi connectivity index (χ1n) is 6.29. The average Bonchev–Trinajstić information content (AvgIpc) is 2.71. The SMILES string of the molecule is CCCCCc1cccc2oc(CC(=O)O)nc12. The lowest BCUT2D eigenvalue weighted by atomic mass is 10.1. The number of aromatic nitrogens is 1. The number of oxazole rings is 1. The van der Waals surface area contributed by atoms with Crippen LogP contribution in [-0.2, 0) is 17.6 Å². The molecule has 0 aliphatic carbocycles. The van der Waals surface area contributed by atoms with Crippen molar-refractivity contribution < 1.29 is 14.3 Å². The molecule has 0 aliphatic heterocycles. The van der Waals surface area contributed by atoms with Gasteiger partial charge in [-0.05, 0) is 24.5 Å². The van der Waals surface area contributed by atoms with Crippen LogP contribution in [0.3, 0.4) is 0 Å². The van der Waals surface area contributed by atoms with Crippen LogP contribution >= 0.6 is 0 Å². The van der Waals surface area contributed by atoms with Crippen LogP contribution in [0.1, 0.15) is 37.6 Å². The molecule has 0 radical (unpaired) electrons. The number of hydrogen-bond donors (Lipinski definition) is 1. The minimum Gasteiger partial charge on any atom is -0.481 e. The highest BCUT2D eigenvalue weighted by Gasteiger charge is 2.11. The summed E-state index contributed by atoms with van der Waals surface area (Å²) in [6.07, 6.45) is 4.29. The fourth-order valence-corrected chi connectivity index (χ4v) is 2.02. The largest absolute Gasteiger partial charge is 0.481 e. The van der Waals surface area contributed by atoms with Gasteiger partial charge in [0, 0.05) is 0 Å². The third-order valence-electron chi connectivity index (χ3n) is 2.90. The van der Waals surface area contributed by atoms with E-state index in [1.807, 2.05) is 18.2 Å². The van der Waals surface area contributed by atoms with E-state index in [9.17, 15) is 4.79 Å². The molecule has 0 fully saturated rings. The van der Waals surface area contributed by atoms with E-state index in [1.54, 1.807) is 0 Å². The highest BCUT2D eigenvalue weighted by molar-refractivity contribution is 5.78. The number of benzene rings is 1. The molecular weight excluding hydrogens is 230 g/mol. The normalized spacial score (nSPS) is 10.9. The number of nitrogens with zero attached hydrogens (tertiary/aromatic N) is 1.